The van der Waals surface area contributed by atoms with Crippen LogP contribution < -0.4 is 10.2 Å². The summed E-state index contributed by atoms with van der Waals surface area (Å²) in [4.78, 5) is 2.25. The van der Waals surface area contributed by atoms with E-state index < -0.39 is 0 Å². The van der Waals surface area contributed by atoms with E-state index in [-0.39, 0.29) is 5.75 Å². The topological polar surface area (TPSA) is 90.0 Å². The number of aromatic hydroxyl groups is 1. The van der Waals surface area contributed by atoms with Gasteiger partial charge in [0.15, 0.2) is 5.82 Å². The molecule has 2 aromatic heterocycles. The lowest BCUT2D eigenvalue weighted by Gasteiger charge is -2.36. The smallest absolute Gasteiger partial charge is 0.151 e. The van der Waals surface area contributed by atoms with Crippen molar-refractivity contribution in [3.63, 3.8) is 0 Å². The largest absolute Gasteiger partial charge is 0.507 e. The van der Waals surface area contributed by atoms with Gasteiger partial charge in [-0.3, -0.25) is 5.10 Å². The van der Waals surface area contributed by atoms with Crippen molar-refractivity contribution in [2.75, 3.05) is 11.9 Å². The molecule has 144 valence electrons. The monoisotopic (exact) mass is 376 g/mol. The Hall–Kier alpha value is -2.93. The minimum atomic E-state index is 0.184. The molecule has 0 aliphatic carbocycles. The SMILES string of the molecule is CN(c1ccc(-c2ccc(-c3cn[nH]c3)cc2O)nn1)[C@@H]1C[C@H]2CC[C@@H](C1)N2. The molecule has 2 bridgehead atoms. The molecule has 7 heteroatoms. The summed E-state index contributed by atoms with van der Waals surface area (Å²) in [7, 11) is 2.11. The van der Waals surface area contributed by atoms with E-state index in [1.165, 1.54) is 12.8 Å². The molecule has 3 aromatic rings. The summed E-state index contributed by atoms with van der Waals surface area (Å²) in [5.74, 6) is 1.06. The van der Waals surface area contributed by atoms with Gasteiger partial charge in [-0.25, -0.2) is 0 Å². The van der Waals surface area contributed by atoms with Gasteiger partial charge in [0.05, 0.1) is 11.9 Å². The van der Waals surface area contributed by atoms with E-state index in [4.69, 9.17) is 0 Å². The Morgan fingerprint density at radius 2 is 1.86 bits per heavy atom. The Kier molecular flexibility index (Phi) is 4.24. The Labute approximate surface area is 163 Å². The summed E-state index contributed by atoms with van der Waals surface area (Å²) in [6.07, 6.45) is 8.42. The van der Waals surface area contributed by atoms with Gasteiger partial charge in [-0.1, -0.05) is 6.07 Å². The van der Waals surface area contributed by atoms with Crippen molar-refractivity contribution in [1.29, 1.82) is 0 Å². The van der Waals surface area contributed by atoms with Crippen molar-refractivity contribution in [2.24, 2.45) is 0 Å². The molecule has 2 saturated heterocycles. The van der Waals surface area contributed by atoms with Crippen LogP contribution in [-0.2, 0) is 0 Å². The number of piperidine rings is 1. The normalized spacial score (nSPS) is 23.7. The van der Waals surface area contributed by atoms with Gasteiger partial charge in [0.25, 0.3) is 0 Å². The predicted molar refractivity (Wildman–Crippen MR) is 108 cm³/mol. The quantitative estimate of drug-likeness (QED) is 0.649. The highest BCUT2D eigenvalue weighted by atomic mass is 16.3. The number of phenolic OH excluding ortho intramolecular Hbond substituents is 1. The van der Waals surface area contributed by atoms with E-state index in [1.54, 1.807) is 18.5 Å². The van der Waals surface area contributed by atoms with Crippen LogP contribution >= 0.6 is 0 Å². The maximum absolute atomic E-state index is 10.5. The van der Waals surface area contributed by atoms with Gasteiger partial charge in [-0.2, -0.15) is 5.10 Å². The summed E-state index contributed by atoms with van der Waals surface area (Å²) in [5, 5.41) is 29.7. The predicted octanol–water partition coefficient (Wildman–Crippen LogP) is 2.96. The molecule has 0 spiro atoms. The van der Waals surface area contributed by atoms with Crippen molar-refractivity contribution in [3.05, 3.63) is 42.7 Å². The molecule has 1 aromatic carbocycles. The van der Waals surface area contributed by atoms with Crippen LogP contribution in [0.1, 0.15) is 25.7 Å². The van der Waals surface area contributed by atoms with E-state index in [9.17, 15) is 5.11 Å². The number of fused-ring (bicyclic) bond motifs is 2. The van der Waals surface area contributed by atoms with Crippen LogP contribution in [0.4, 0.5) is 5.82 Å². The summed E-state index contributed by atoms with van der Waals surface area (Å²) in [5.41, 5.74) is 3.17. The lowest BCUT2D eigenvalue weighted by Crippen LogP contribution is -2.47. The molecule has 0 saturated carbocycles. The van der Waals surface area contributed by atoms with E-state index in [2.05, 4.69) is 37.7 Å². The lowest BCUT2D eigenvalue weighted by molar-refractivity contribution is 0.353. The molecule has 5 rings (SSSR count). The number of hydrogen-bond donors (Lipinski definition) is 3. The third-order valence-electron chi connectivity index (χ3n) is 6.11. The first-order chi connectivity index (χ1) is 13.7. The van der Waals surface area contributed by atoms with Gasteiger partial charge in [0.1, 0.15) is 5.75 Å². The minimum Gasteiger partial charge on any atom is -0.507 e. The van der Waals surface area contributed by atoms with Crippen LogP contribution in [0.15, 0.2) is 42.7 Å². The number of anilines is 1. The molecule has 3 N–H and O–H groups in total. The Morgan fingerprint density at radius 3 is 2.50 bits per heavy atom. The first-order valence-electron chi connectivity index (χ1n) is 9.82. The molecule has 0 amide bonds. The number of phenols is 1. The Bertz CT molecular complexity index is 944. The minimum absolute atomic E-state index is 0.184. The van der Waals surface area contributed by atoms with E-state index >= 15 is 0 Å². The van der Waals surface area contributed by atoms with Crippen molar-refractivity contribution < 1.29 is 5.11 Å². The van der Waals surface area contributed by atoms with Crippen LogP contribution in [-0.4, -0.2) is 50.7 Å². The Balaban J connectivity index is 1.35. The molecule has 0 radical (unpaired) electrons. The fourth-order valence-electron chi connectivity index (χ4n) is 4.52. The highest BCUT2D eigenvalue weighted by Gasteiger charge is 2.35. The molecule has 2 aliphatic heterocycles. The average Bonchev–Trinajstić information content (AvgIpc) is 3.37. The zero-order valence-electron chi connectivity index (χ0n) is 15.8. The van der Waals surface area contributed by atoms with Crippen molar-refractivity contribution in [2.45, 2.75) is 43.8 Å². The standard InChI is InChI=1S/C21H24N6O/c1-27(17-9-15-3-4-16(10-17)24-15)21-7-6-19(25-26-21)18-5-2-13(8-20(18)28)14-11-22-23-12-14/h2,5-8,11-12,15-17,24,28H,3-4,9-10H2,1H3,(H,22,23)/t15-,16+,17-. The van der Waals surface area contributed by atoms with Crippen molar-refractivity contribution in [1.82, 2.24) is 25.7 Å². The lowest BCUT2D eigenvalue weighted by atomic mass is 9.98. The highest BCUT2D eigenvalue weighted by Crippen LogP contribution is 2.33. The fraction of sp³-hybridized carbons (Fsp3) is 0.381. The number of nitrogens with one attached hydrogen (secondary N) is 2. The zero-order valence-corrected chi connectivity index (χ0v) is 15.8. The molecule has 0 unspecified atom stereocenters. The van der Waals surface area contributed by atoms with Gasteiger partial charge in [-0.15, -0.1) is 10.2 Å². The third-order valence-corrected chi connectivity index (χ3v) is 6.11. The molecule has 2 aliphatic rings. The van der Waals surface area contributed by atoms with Crippen molar-refractivity contribution >= 4 is 5.82 Å². The summed E-state index contributed by atoms with van der Waals surface area (Å²) >= 11 is 0. The average molecular weight is 376 g/mol. The molecule has 4 heterocycles. The van der Waals surface area contributed by atoms with Crippen LogP contribution in [0.5, 0.6) is 5.75 Å². The van der Waals surface area contributed by atoms with Crippen LogP contribution in [0.25, 0.3) is 22.4 Å². The van der Waals surface area contributed by atoms with Crippen LogP contribution in [0, 0.1) is 0 Å². The van der Waals surface area contributed by atoms with Crippen LogP contribution in [0.3, 0.4) is 0 Å². The van der Waals surface area contributed by atoms with Gasteiger partial charge >= 0.3 is 0 Å². The second-order valence-electron chi connectivity index (χ2n) is 7.87. The first kappa shape index (κ1) is 17.2. The van der Waals surface area contributed by atoms with Gasteiger partial charge < -0.3 is 15.3 Å². The maximum Gasteiger partial charge on any atom is 0.151 e. The Morgan fingerprint density at radius 1 is 1.04 bits per heavy atom. The molecule has 2 fully saturated rings. The number of aromatic amines is 1. The second-order valence-corrected chi connectivity index (χ2v) is 7.87. The van der Waals surface area contributed by atoms with Gasteiger partial charge in [-0.05, 0) is 55.5 Å². The summed E-state index contributed by atoms with van der Waals surface area (Å²) in [6.45, 7) is 0. The molecule has 3 atom stereocenters. The first-order valence-corrected chi connectivity index (χ1v) is 9.82. The number of aromatic nitrogens is 4. The maximum atomic E-state index is 10.5. The third kappa shape index (κ3) is 3.11. The molecular formula is C21H24N6O. The zero-order chi connectivity index (χ0) is 19.1. The fourth-order valence-corrected chi connectivity index (χ4v) is 4.52. The van der Waals surface area contributed by atoms with Gasteiger partial charge in [0.2, 0.25) is 0 Å². The highest BCUT2D eigenvalue weighted by molar-refractivity contribution is 5.73. The second kappa shape index (κ2) is 6.91. The van der Waals surface area contributed by atoms with Gasteiger partial charge in [0, 0.05) is 42.5 Å². The van der Waals surface area contributed by atoms with E-state index in [0.717, 1.165) is 29.8 Å². The number of H-pyrrole nitrogens is 1. The number of nitrogens with zero attached hydrogens (tertiary/aromatic N) is 4. The summed E-state index contributed by atoms with van der Waals surface area (Å²) in [6, 6.07) is 11.3. The number of benzene rings is 1. The number of rotatable bonds is 4. The van der Waals surface area contributed by atoms with Crippen molar-refractivity contribution in [3.8, 4) is 28.1 Å². The van der Waals surface area contributed by atoms with E-state index in [0.29, 0.717) is 29.4 Å². The molecule has 7 nitrogen and oxygen atoms in total. The van der Waals surface area contributed by atoms with E-state index in [1.807, 2.05) is 24.3 Å². The summed E-state index contributed by atoms with van der Waals surface area (Å²) < 4.78 is 0. The molecule has 28 heavy (non-hydrogen) atoms. The number of hydrogen-bond acceptors (Lipinski definition) is 6. The molecular weight excluding hydrogens is 352 g/mol. The van der Waals surface area contributed by atoms with Crippen LogP contribution in [0.2, 0.25) is 0 Å².